The average Bonchev–Trinajstić information content (AvgIpc) is 2.59. The molecule has 0 aliphatic heterocycles. The van der Waals surface area contributed by atoms with Crippen molar-refractivity contribution >= 4 is 32.9 Å². The van der Waals surface area contributed by atoms with Crippen LogP contribution in [0.4, 0.5) is 5.82 Å². The molecule has 0 amide bonds. The van der Waals surface area contributed by atoms with Crippen molar-refractivity contribution in [1.82, 2.24) is 20.0 Å². The van der Waals surface area contributed by atoms with E-state index >= 15 is 0 Å². The highest BCUT2D eigenvalue weighted by Crippen LogP contribution is 2.19. The van der Waals surface area contributed by atoms with Crippen molar-refractivity contribution < 1.29 is 0 Å². The van der Waals surface area contributed by atoms with Crippen molar-refractivity contribution in [1.29, 1.82) is 0 Å². The molecule has 2 aromatic rings. The maximum atomic E-state index is 4.37. The summed E-state index contributed by atoms with van der Waals surface area (Å²) in [5.74, 6) is 0.831. The summed E-state index contributed by atoms with van der Waals surface area (Å²) in [5.41, 5.74) is 2.74. The molecule has 0 bridgehead atoms. The number of nitrogens with zero attached hydrogens (tertiary/aromatic N) is 4. The zero-order valence-electron chi connectivity index (χ0n) is 7.95. The van der Waals surface area contributed by atoms with Gasteiger partial charge in [0.1, 0.15) is 11.3 Å². The van der Waals surface area contributed by atoms with Crippen LogP contribution in [0.5, 0.6) is 0 Å². The van der Waals surface area contributed by atoms with Crippen LogP contribution < -0.4 is 5.32 Å². The van der Waals surface area contributed by atoms with Crippen molar-refractivity contribution in [2.45, 2.75) is 5.33 Å². The average molecular weight is 256 g/mol. The van der Waals surface area contributed by atoms with Gasteiger partial charge in [-0.15, -0.1) is 5.10 Å². The van der Waals surface area contributed by atoms with E-state index in [2.05, 4.69) is 36.5 Å². The molecule has 5 nitrogen and oxygen atoms in total. The van der Waals surface area contributed by atoms with Crippen molar-refractivity contribution in [3.63, 3.8) is 0 Å². The molecule has 2 heterocycles. The Morgan fingerprint density at radius 3 is 3.00 bits per heavy atom. The Morgan fingerprint density at radius 2 is 2.36 bits per heavy atom. The Kier molecular flexibility index (Phi) is 2.37. The van der Waals surface area contributed by atoms with Crippen LogP contribution in [0.25, 0.3) is 11.2 Å². The molecule has 2 aromatic heterocycles. The number of anilines is 1. The van der Waals surface area contributed by atoms with Gasteiger partial charge in [0.2, 0.25) is 0 Å². The number of hydrogen-bond acceptors (Lipinski definition) is 4. The zero-order valence-corrected chi connectivity index (χ0v) is 9.54. The molecule has 2 rings (SSSR count). The van der Waals surface area contributed by atoms with Gasteiger partial charge in [0.25, 0.3) is 0 Å². The monoisotopic (exact) mass is 255 g/mol. The molecule has 14 heavy (non-hydrogen) atoms. The second kappa shape index (κ2) is 3.53. The summed E-state index contributed by atoms with van der Waals surface area (Å²) >= 11 is 3.42. The van der Waals surface area contributed by atoms with E-state index in [4.69, 9.17) is 0 Å². The summed E-state index contributed by atoms with van der Waals surface area (Å²) in [6, 6.07) is 1.96. The van der Waals surface area contributed by atoms with Gasteiger partial charge in [0, 0.05) is 19.4 Å². The standard InChI is InChI=1S/C8H10BrN5/c1-10-6-3-5(4-9)7-8(11-6)14(2)13-12-7/h3H,4H2,1-2H3,(H,10,11). The number of halogens is 1. The zero-order chi connectivity index (χ0) is 10.1. The fourth-order valence-electron chi connectivity index (χ4n) is 1.29. The number of aromatic nitrogens is 4. The molecular formula is C8H10BrN5. The molecule has 0 aliphatic carbocycles. The number of aryl methyl sites for hydroxylation is 1. The van der Waals surface area contributed by atoms with Crippen LogP contribution in [0.1, 0.15) is 5.56 Å². The molecule has 0 fully saturated rings. The summed E-state index contributed by atoms with van der Waals surface area (Å²) in [5, 5.41) is 11.8. The fraction of sp³-hybridized carbons (Fsp3) is 0.375. The Labute approximate surface area is 89.6 Å². The number of alkyl halides is 1. The maximum absolute atomic E-state index is 4.37. The van der Waals surface area contributed by atoms with Crippen LogP contribution >= 0.6 is 15.9 Å². The topological polar surface area (TPSA) is 55.6 Å². The number of fused-ring (bicyclic) bond motifs is 1. The third-order valence-corrected chi connectivity index (χ3v) is 2.64. The number of rotatable bonds is 2. The third kappa shape index (κ3) is 1.35. The molecule has 0 unspecified atom stereocenters. The van der Waals surface area contributed by atoms with E-state index in [-0.39, 0.29) is 0 Å². The van der Waals surface area contributed by atoms with E-state index in [1.54, 1.807) is 4.68 Å². The van der Waals surface area contributed by atoms with Gasteiger partial charge in [-0.2, -0.15) is 0 Å². The van der Waals surface area contributed by atoms with Crippen molar-refractivity contribution in [3.8, 4) is 0 Å². The lowest BCUT2D eigenvalue weighted by atomic mass is 10.2. The minimum absolute atomic E-state index is 0.749. The lowest BCUT2D eigenvalue weighted by Gasteiger charge is -2.02. The van der Waals surface area contributed by atoms with E-state index < -0.39 is 0 Å². The summed E-state index contributed by atoms with van der Waals surface area (Å²) < 4.78 is 1.67. The largest absolute Gasteiger partial charge is 0.373 e. The Hall–Kier alpha value is -1.17. The van der Waals surface area contributed by atoms with Crippen LogP contribution in [0, 0.1) is 0 Å². The first kappa shape index (κ1) is 9.39. The molecule has 0 radical (unpaired) electrons. The summed E-state index contributed by atoms with van der Waals surface area (Å²) in [6.45, 7) is 0. The van der Waals surface area contributed by atoms with Gasteiger partial charge in [-0.1, -0.05) is 21.1 Å². The predicted molar refractivity (Wildman–Crippen MR) is 58.5 cm³/mol. The highest BCUT2D eigenvalue weighted by molar-refractivity contribution is 9.08. The molecule has 0 aromatic carbocycles. The molecule has 0 aliphatic rings. The van der Waals surface area contributed by atoms with Crippen molar-refractivity contribution in [2.24, 2.45) is 7.05 Å². The molecule has 1 N–H and O–H groups in total. The second-order valence-corrected chi connectivity index (χ2v) is 3.50. The molecular weight excluding hydrogens is 246 g/mol. The third-order valence-electron chi connectivity index (χ3n) is 2.04. The van der Waals surface area contributed by atoms with Gasteiger partial charge < -0.3 is 5.32 Å². The minimum atomic E-state index is 0.749. The summed E-state index contributed by atoms with van der Waals surface area (Å²) in [7, 11) is 3.68. The Bertz CT molecular complexity index is 464. The highest BCUT2D eigenvalue weighted by Gasteiger charge is 2.09. The van der Waals surface area contributed by atoms with E-state index in [1.807, 2.05) is 20.2 Å². The molecule has 0 atom stereocenters. The molecule has 6 heteroatoms. The van der Waals surface area contributed by atoms with Gasteiger partial charge in [0.05, 0.1) is 0 Å². The second-order valence-electron chi connectivity index (χ2n) is 2.94. The minimum Gasteiger partial charge on any atom is -0.373 e. The summed E-state index contributed by atoms with van der Waals surface area (Å²) in [4.78, 5) is 4.37. The van der Waals surface area contributed by atoms with Gasteiger partial charge in [-0.05, 0) is 11.6 Å². The first-order valence-corrected chi connectivity index (χ1v) is 5.31. The Balaban J connectivity index is 2.76. The van der Waals surface area contributed by atoms with Crippen LogP contribution in [0.15, 0.2) is 6.07 Å². The normalized spacial score (nSPS) is 10.8. The lowest BCUT2D eigenvalue weighted by Crippen LogP contribution is -1.98. The highest BCUT2D eigenvalue weighted by atomic mass is 79.9. The van der Waals surface area contributed by atoms with E-state index in [9.17, 15) is 0 Å². The molecule has 0 saturated carbocycles. The maximum Gasteiger partial charge on any atom is 0.180 e. The van der Waals surface area contributed by atoms with Gasteiger partial charge in [0.15, 0.2) is 5.65 Å². The molecule has 0 saturated heterocycles. The quantitative estimate of drug-likeness (QED) is 0.823. The fourth-order valence-corrected chi connectivity index (χ4v) is 1.72. The first-order valence-electron chi connectivity index (χ1n) is 4.19. The first-order chi connectivity index (χ1) is 6.76. The van der Waals surface area contributed by atoms with Crippen molar-refractivity contribution in [2.75, 3.05) is 12.4 Å². The number of hydrogen-bond donors (Lipinski definition) is 1. The lowest BCUT2D eigenvalue weighted by molar-refractivity contribution is 0.730. The number of pyridine rings is 1. The van der Waals surface area contributed by atoms with Crippen LogP contribution in [-0.4, -0.2) is 27.0 Å². The van der Waals surface area contributed by atoms with E-state index in [0.717, 1.165) is 27.9 Å². The summed E-state index contributed by atoms with van der Waals surface area (Å²) in [6.07, 6.45) is 0. The molecule has 74 valence electrons. The molecule has 0 spiro atoms. The van der Waals surface area contributed by atoms with Crippen LogP contribution in [-0.2, 0) is 12.4 Å². The van der Waals surface area contributed by atoms with Gasteiger partial charge in [-0.25, -0.2) is 9.67 Å². The Morgan fingerprint density at radius 1 is 1.57 bits per heavy atom. The number of nitrogens with one attached hydrogen (secondary N) is 1. The van der Waals surface area contributed by atoms with E-state index in [0.29, 0.717) is 0 Å². The van der Waals surface area contributed by atoms with Crippen molar-refractivity contribution in [3.05, 3.63) is 11.6 Å². The predicted octanol–water partition coefficient (Wildman–Crippen LogP) is 1.30. The van der Waals surface area contributed by atoms with Gasteiger partial charge >= 0.3 is 0 Å². The SMILES string of the molecule is CNc1cc(CBr)c2nnn(C)c2n1. The van der Waals surface area contributed by atoms with E-state index in [1.165, 1.54) is 0 Å². The van der Waals surface area contributed by atoms with Gasteiger partial charge in [-0.3, -0.25) is 0 Å². The van der Waals surface area contributed by atoms with Crippen LogP contribution in [0.2, 0.25) is 0 Å². The smallest absolute Gasteiger partial charge is 0.180 e. The van der Waals surface area contributed by atoms with Crippen LogP contribution in [0.3, 0.4) is 0 Å².